The van der Waals surface area contributed by atoms with Crippen LogP contribution in [0.25, 0.3) is 0 Å². The molecule has 3 aromatic rings. The zero-order chi connectivity index (χ0) is 16.2. The number of hydrogen-bond acceptors (Lipinski definition) is 4. The van der Waals surface area contributed by atoms with Crippen LogP contribution in [0.1, 0.15) is 29.0 Å². The summed E-state index contributed by atoms with van der Waals surface area (Å²) in [5.41, 5.74) is 1.69. The molecule has 0 saturated heterocycles. The van der Waals surface area contributed by atoms with Gasteiger partial charge in [0.15, 0.2) is 0 Å². The number of oxazole rings is 1. The van der Waals surface area contributed by atoms with Gasteiger partial charge in [-0.1, -0.05) is 18.2 Å². The number of hydrogen-bond donors (Lipinski definition) is 0. The van der Waals surface area contributed by atoms with Gasteiger partial charge < -0.3 is 4.42 Å². The third kappa shape index (κ3) is 3.63. The number of aryl methyl sites for hydroxylation is 1. The fraction of sp³-hybridized carbons (Fsp3) is 0.222. The number of pyridine rings is 1. The van der Waals surface area contributed by atoms with Crippen LogP contribution in [-0.4, -0.2) is 21.9 Å². The maximum atomic E-state index is 13.7. The van der Waals surface area contributed by atoms with Crippen LogP contribution in [0.2, 0.25) is 0 Å². The summed E-state index contributed by atoms with van der Waals surface area (Å²) in [5, 5.41) is 0. The van der Waals surface area contributed by atoms with Crippen molar-refractivity contribution in [2.45, 2.75) is 19.5 Å². The summed E-state index contributed by atoms with van der Waals surface area (Å²) in [6.45, 7) is 2.37. The molecule has 0 radical (unpaired) electrons. The third-order valence-corrected chi connectivity index (χ3v) is 3.63. The van der Waals surface area contributed by atoms with E-state index in [2.05, 4.69) is 9.97 Å². The summed E-state index contributed by atoms with van der Waals surface area (Å²) in [6.07, 6.45) is 3.44. The van der Waals surface area contributed by atoms with Crippen molar-refractivity contribution in [3.63, 3.8) is 0 Å². The lowest BCUT2D eigenvalue weighted by molar-refractivity contribution is 0.237. The second-order valence-electron chi connectivity index (χ2n) is 5.49. The Morgan fingerprint density at radius 1 is 1.17 bits per heavy atom. The molecule has 118 valence electrons. The molecular weight excluding hydrogens is 293 g/mol. The first-order chi connectivity index (χ1) is 11.1. The zero-order valence-electron chi connectivity index (χ0n) is 13.1. The molecule has 5 heteroatoms. The second-order valence-corrected chi connectivity index (χ2v) is 5.49. The average Bonchev–Trinajstić information content (AvgIpc) is 2.94. The molecule has 0 amide bonds. The van der Waals surface area contributed by atoms with Gasteiger partial charge in [-0.25, -0.2) is 9.37 Å². The van der Waals surface area contributed by atoms with E-state index in [0.717, 1.165) is 17.0 Å². The van der Waals surface area contributed by atoms with Crippen molar-refractivity contribution in [1.82, 2.24) is 14.9 Å². The van der Waals surface area contributed by atoms with Crippen molar-refractivity contribution in [1.29, 1.82) is 0 Å². The minimum atomic E-state index is -0.260. The van der Waals surface area contributed by atoms with Crippen molar-refractivity contribution in [2.24, 2.45) is 0 Å². The van der Waals surface area contributed by atoms with Gasteiger partial charge in [-0.3, -0.25) is 9.88 Å². The fourth-order valence-corrected chi connectivity index (χ4v) is 2.64. The molecule has 0 spiro atoms. The average molecular weight is 311 g/mol. The third-order valence-electron chi connectivity index (χ3n) is 3.63. The first kappa shape index (κ1) is 15.4. The molecule has 0 aliphatic rings. The lowest BCUT2D eigenvalue weighted by atomic mass is 10.0. The maximum absolute atomic E-state index is 13.7. The molecule has 23 heavy (non-hydrogen) atoms. The SMILES string of the molecule is Cc1cnc(CN(C)[C@@H](c2cccc(F)c2)c2ccccn2)o1. The van der Waals surface area contributed by atoms with Gasteiger partial charge in [-0.2, -0.15) is 0 Å². The molecule has 4 nitrogen and oxygen atoms in total. The van der Waals surface area contributed by atoms with E-state index in [1.807, 2.05) is 43.1 Å². The van der Waals surface area contributed by atoms with Gasteiger partial charge in [0.2, 0.25) is 5.89 Å². The topological polar surface area (TPSA) is 42.2 Å². The number of halogens is 1. The highest BCUT2D eigenvalue weighted by Gasteiger charge is 2.22. The first-order valence-electron chi connectivity index (χ1n) is 7.41. The van der Waals surface area contributed by atoms with E-state index in [9.17, 15) is 4.39 Å². The molecule has 0 saturated carbocycles. The van der Waals surface area contributed by atoms with Gasteiger partial charge in [0, 0.05) is 6.20 Å². The monoisotopic (exact) mass is 311 g/mol. The van der Waals surface area contributed by atoms with E-state index in [0.29, 0.717) is 12.4 Å². The Morgan fingerprint density at radius 2 is 2.04 bits per heavy atom. The molecule has 0 N–H and O–H groups in total. The first-order valence-corrected chi connectivity index (χ1v) is 7.41. The summed E-state index contributed by atoms with van der Waals surface area (Å²) in [4.78, 5) is 10.7. The summed E-state index contributed by atoms with van der Waals surface area (Å²) in [7, 11) is 1.95. The van der Waals surface area contributed by atoms with E-state index in [-0.39, 0.29) is 11.9 Å². The largest absolute Gasteiger partial charge is 0.445 e. The molecule has 1 aromatic carbocycles. The van der Waals surface area contributed by atoms with Crippen LogP contribution < -0.4 is 0 Å². The minimum Gasteiger partial charge on any atom is -0.445 e. The van der Waals surface area contributed by atoms with E-state index in [1.165, 1.54) is 12.1 Å². The van der Waals surface area contributed by atoms with Gasteiger partial charge >= 0.3 is 0 Å². The normalized spacial score (nSPS) is 12.5. The fourth-order valence-electron chi connectivity index (χ4n) is 2.64. The van der Waals surface area contributed by atoms with Crippen LogP contribution in [0.3, 0.4) is 0 Å². The van der Waals surface area contributed by atoms with E-state index < -0.39 is 0 Å². The predicted molar refractivity (Wildman–Crippen MR) is 85.2 cm³/mol. The number of nitrogens with zero attached hydrogens (tertiary/aromatic N) is 3. The van der Waals surface area contributed by atoms with Crippen molar-refractivity contribution < 1.29 is 8.81 Å². The van der Waals surface area contributed by atoms with E-state index >= 15 is 0 Å². The van der Waals surface area contributed by atoms with Crippen LogP contribution in [0, 0.1) is 12.7 Å². The van der Waals surface area contributed by atoms with Gasteiger partial charge in [0.1, 0.15) is 11.6 Å². The van der Waals surface area contributed by atoms with Crippen molar-refractivity contribution in [2.75, 3.05) is 7.05 Å². The Kier molecular flexibility index (Phi) is 4.48. The number of rotatable bonds is 5. The summed E-state index contributed by atoms with van der Waals surface area (Å²) >= 11 is 0. The van der Waals surface area contributed by atoms with Gasteiger partial charge in [0.25, 0.3) is 0 Å². The highest BCUT2D eigenvalue weighted by molar-refractivity contribution is 5.28. The van der Waals surface area contributed by atoms with Crippen molar-refractivity contribution in [3.8, 4) is 0 Å². The number of benzene rings is 1. The molecule has 0 aliphatic heterocycles. The Morgan fingerprint density at radius 3 is 2.70 bits per heavy atom. The standard InChI is InChI=1S/C18H18FN3O/c1-13-11-21-17(23-13)12-22(2)18(16-8-3-4-9-20-16)14-6-5-7-15(19)10-14/h3-11,18H,12H2,1-2H3/t18-/m0/s1. The molecule has 3 rings (SSSR count). The van der Waals surface area contributed by atoms with Crippen LogP contribution >= 0.6 is 0 Å². The lowest BCUT2D eigenvalue weighted by Crippen LogP contribution is -2.26. The van der Waals surface area contributed by atoms with Crippen molar-refractivity contribution >= 4 is 0 Å². The molecule has 0 aliphatic carbocycles. The molecule has 0 bridgehead atoms. The van der Waals surface area contributed by atoms with Gasteiger partial charge in [-0.15, -0.1) is 0 Å². The van der Waals surface area contributed by atoms with Crippen LogP contribution in [0.15, 0.2) is 59.3 Å². The second kappa shape index (κ2) is 6.71. The molecule has 1 atom stereocenters. The van der Waals surface area contributed by atoms with Gasteiger partial charge in [0.05, 0.1) is 24.5 Å². The lowest BCUT2D eigenvalue weighted by Gasteiger charge is -2.27. The Labute approximate surface area is 134 Å². The maximum Gasteiger partial charge on any atom is 0.208 e. The summed E-state index contributed by atoms with van der Waals surface area (Å²) in [5.74, 6) is 1.14. The van der Waals surface area contributed by atoms with Crippen LogP contribution in [-0.2, 0) is 6.54 Å². The minimum absolute atomic E-state index is 0.181. The molecule has 0 fully saturated rings. The van der Waals surface area contributed by atoms with Crippen molar-refractivity contribution in [3.05, 3.63) is 83.6 Å². The van der Waals surface area contributed by atoms with Gasteiger partial charge in [-0.05, 0) is 43.8 Å². The molecule has 2 aromatic heterocycles. The predicted octanol–water partition coefficient (Wildman–Crippen LogP) is 3.74. The summed E-state index contributed by atoms with van der Waals surface area (Å²) < 4.78 is 19.2. The summed E-state index contributed by atoms with van der Waals surface area (Å²) in [6, 6.07) is 12.1. The van der Waals surface area contributed by atoms with Crippen LogP contribution in [0.4, 0.5) is 4.39 Å². The Hall–Kier alpha value is -2.53. The zero-order valence-corrected chi connectivity index (χ0v) is 13.1. The quantitative estimate of drug-likeness (QED) is 0.720. The molecule has 2 heterocycles. The van der Waals surface area contributed by atoms with Crippen LogP contribution in [0.5, 0.6) is 0 Å². The Bertz CT molecular complexity index is 773. The Balaban J connectivity index is 1.94. The smallest absolute Gasteiger partial charge is 0.208 e. The highest BCUT2D eigenvalue weighted by atomic mass is 19.1. The molecular formula is C18H18FN3O. The number of aromatic nitrogens is 2. The van der Waals surface area contributed by atoms with E-state index in [1.54, 1.807) is 18.5 Å². The molecule has 0 unspecified atom stereocenters. The highest BCUT2D eigenvalue weighted by Crippen LogP contribution is 2.27. The van der Waals surface area contributed by atoms with E-state index in [4.69, 9.17) is 4.42 Å².